The number of aromatic nitrogens is 2. The molecule has 0 amide bonds. The molecular formula is C11H12N2O4. The maximum absolute atomic E-state index is 11.6. The molecule has 2 rings (SSSR count). The first-order valence-electron chi connectivity index (χ1n) is 5.29. The van der Waals surface area contributed by atoms with Gasteiger partial charge in [0.15, 0.2) is 0 Å². The van der Waals surface area contributed by atoms with Gasteiger partial charge in [0.2, 0.25) is 0 Å². The number of aryl methyl sites for hydroxylation is 1. The van der Waals surface area contributed by atoms with Crippen molar-refractivity contribution in [3.05, 3.63) is 34.2 Å². The van der Waals surface area contributed by atoms with Crippen LogP contribution in [0.4, 0.5) is 0 Å². The Kier molecular flexibility index (Phi) is 2.95. The number of fused-ring (bicyclic) bond motifs is 1. The molecule has 0 atom stereocenters. The Morgan fingerprint density at radius 1 is 1.71 bits per heavy atom. The van der Waals surface area contributed by atoms with Crippen LogP contribution in [0.5, 0.6) is 0 Å². The fraction of sp³-hybridized carbons (Fsp3) is 0.364. The van der Waals surface area contributed by atoms with Gasteiger partial charge in [-0.25, -0.2) is 4.79 Å². The average molecular weight is 236 g/mol. The highest BCUT2D eigenvalue weighted by molar-refractivity contribution is 5.88. The molecule has 0 unspecified atom stereocenters. The largest absolute Gasteiger partial charge is 0.515 e. The maximum Gasteiger partial charge on any atom is 0.345 e. The minimum atomic E-state index is -0.665. The van der Waals surface area contributed by atoms with Gasteiger partial charge in [-0.1, -0.05) is 0 Å². The number of rotatable bonds is 2. The van der Waals surface area contributed by atoms with E-state index in [2.05, 4.69) is 4.98 Å². The number of carbonyl (C=O) groups excluding carboxylic acids is 1. The van der Waals surface area contributed by atoms with Crippen molar-refractivity contribution in [3.8, 4) is 0 Å². The lowest BCUT2D eigenvalue weighted by atomic mass is 10.2. The molecule has 0 spiro atoms. The van der Waals surface area contributed by atoms with E-state index in [4.69, 9.17) is 9.84 Å². The van der Waals surface area contributed by atoms with E-state index in [1.54, 1.807) is 11.5 Å². The van der Waals surface area contributed by atoms with Crippen LogP contribution < -0.4 is 5.56 Å². The zero-order chi connectivity index (χ0) is 12.4. The van der Waals surface area contributed by atoms with Gasteiger partial charge in [-0.3, -0.25) is 4.79 Å². The van der Waals surface area contributed by atoms with Gasteiger partial charge in [0.05, 0.1) is 12.9 Å². The molecule has 1 aromatic rings. The second-order valence-corrected chi connectivity index (χ2v) is 3.60. The summed E-state index contributed by atoms with van der Waals surface area (Å²) >= 11 is 0. The standard InChI is InChI=1S/C11H12N2O4/c1-2-17-11(16)8-5-13-4-3-7(6-14)9(13)12-10(8)15/h5-6,14H,2-4H2,1H3/b7-6+. The van der Waals surface area contributed by atoms with E-state index in [0.29, 0.717) is 24.4 Å². The normalized spacial score (nSPS) is 15.9. The van der Waals surface area contributed by atoms with Crippen LogP contribution in [0.25, 0.3) is 5.57 Å². The van der Waals surface area contributed by atoms with Crippen molar-refractivity contribution in [2.45, 2.75) is 19.9 Å². The van der Waals surface area contributed by atoms with Crippen LogP contribution >= 0.6 is 0 Å². The molecule has 0 aliphatic carbocycles. The first-order chi connectivity index (χ1) is 8.17. The minimum absolute atomic E-state index is 0.0743. The predicted octanol–water partition coefficient (Wildman–Crippen LogP) is 0.723. The van der Waals surface area contributed by atoms with Crippen molar-refractivity contribution in [1.82, 2.24) is 9.55 Å². The first-order valence-corrected chi connectivity index (χ1v) is 5.29. The van der Waals surface area contributed by atoms with Gasteiger partial charge in [0.25, 0.3) is 5.56 Å². The number of allylic oxidation sites excluding steroid dienone is 1. The number of hydrogen-bond donors (Lipinski definition) is 1. The predicted molar refractivity (Wildman–Crippen MR) is 59.7 cm³/mol. The molecule has 6 nitrogen and oxygen atoms in total. The van der Waals surface area contributed by atoms with E-state index >= 15 is 0 Å². The molecule has 0 saturated carbocycles. The van der Waals surface area contributed by atoms with Crippen LogP contribution in [-0.2, 0) is 11.3 Å². The lowest BCUT2D eigenvalue weighted by molar-refractivity contribution is 0.0523. The summed E-state index contributed by atoms with van der Waals surface area (Å²) in [5.74, 6) is -0.257. The lowest BCUT2D eigenvalue weighted by Gasteiger charge is -2.05. The van der Waals surface area contributed by atoms with E-state index in [0.717, 1.165) is 6.26 Å². The number of ether oxygens (including phenoxy) is 1. The Morgan fingerprint density at radius 3 is 3.12 bits per heavy atom. The Bertz CT molecular complexity index is 545. The highest BCUT2D eigenvalue weighted by atomic mass is 16.5. The highest BCUT2D eigenvalue weighted by Crippen LogP contribution is 2.23. The second-order valence-electron chi connectivity index (χ2n) is 3.60. The Balaban J connectivity index is 2.47. The highest BCUT2D eigenvalue weighted by Gasteiger charge is 2.22. The van der Waals surface area contributed by atoms with E-state index < -0.39 is 11.5 Å². The summed E-state index contributed by atoms with van der Waals surface area (Å²) in [7, 11) is 0. The topological polar surface area (TPSA) is 81.4 Å². The van der Waals surface area contributed by atoms with Gasteiger partial charge >= 0.3 is 5.97 Å². The smallest absolute Gasteiger partial charge is 0.345 e. The summed E-state index contributed by atoms with van der Waals surface area (Å²) in [5, 5.41) is 8.96. The number of aliphatic hydroxyl groups is 1. The zero-order valence-electron chi connectivity index (χ0n) is 9.34. The van der Waals surface area contributed by atoms with Crippen molar-refractivity contribution >= 4 is 11.5 Å². The molecule has 0 fully saturated rings. The van der Waals surface area contributed by atoms with Gasteiger partial charge in [0, 0.05) is 18.3 Å². The minimum Gasteiger partial charge on any atom is -0.515 e. The molecule has 90 valence electrons. The third-order valence-electron chi connectivity index (χ3n) is 2.56. The van der Waals surface area contributed by atoms with Crippen LogP contribution in [0.15, 0.2) is 17.3 Å². The first kappa shape index (κ1) is 11.4. The molecule has 1 aliphatic rings. The molecule has 2 heterocycles. The monoisotopic (exact) mass is 236 g/mol. The summed E-state index contributed by atoms with van der Waals surface area (Å²) in [6.45, 7) is 2.46. The molecule has 1 aliphatic heterocycles. The van der Waals surface area contributed by atoms with Gasteiger partial charge < -0.3 is 14.4 Å². The third-order valence-corrected chi connectivity index (χ3v) is 2.56. The van der Waals surface area contributed by atoms with Gasteiger partial charge in [0.1, 0.15) is 11.4 Å². The van der Waals surface area contributed by atoms with Crippen LogP contribution in [0.2, 0.25) is 0 Å². The van der Waals surface area contributed by atoms with Crippen LogP contribution in [0, 0.1) is 0 Å². The van der Waals surface area contributed by atoms with Crippen molar-refractivity contribution in [1.29, 1.82) is 0 Å². The summed E-state index contributed by atoms with van der Waals surface area (Å²) in [4.78, 5) is 26.9. The van der Waals surface area contributed by atoms with Gasteiger partial charge in [-0.05, 0) is 13.3 Å². The van der Waals surface area contributed by atoms with Crippen LogP contribution in [0.3, 0.4) is 0 Å². The summed E-state index contributed by atoms with van der Waals surface area (Å²) in [6.07, 6.45) is 2.96. The van der Waals surface area contributed by atoms with Crippen LogP contribution in [-0.4, -0.2) is 27.2 Å². The van der Waals surface area contributed by atoms with E-state index in [9.17, 15) is 9.59 Å². The second kappa shape index (κ2) is 4.40. The molecule has 17 heavy (non-hydrogen) atoms. The Morgan fingerprint density at radius 2 is 2.47 bits per heavy atom. The molecular weight excluding hydrogens is 224 g/mol. The average Bonchev–Trinajstić information content (AvgIpc) is 2.70. The lowest BCUT2D eigenvalue weighted by Crippen LogP contribution is -2.23. The van der Waals surface area contributed by atoms with Crippen molar-refractivity contribution < 1.29 is 14.6 Å². The number of carbonyl (C=O) groups is 1. The Hall–Kier alpha value is -2.11. The molecule has 0 radical (unpaired) electrons. The SMILES string of the molecule is CCOC(=O)c1cn2c(nc1=O)/C(=C/O)CC2. The molecule has 1 N–H and O–H groups in total. The fourth-order valence-corrected chi connectivity index (χ4v) is 1.74. The van der Waals surface area contributed by atoms with E-state index in [-0.39, 0.29) is 12.2 Å². The summed E-state index contributed by atoms with van der Waals surface area (Å²) in [5.41, 5.74) is -0.108. The number of nitrogens with zero attached hydrogens (tertiary/aromatic N) is 2. The number of aliphatic hydroxyl groups excluding tert-OH is 1. The van der Waals surface area contributed by atoms with Crippen LogP contribution in [0.1, 0.15) is 29.5 Å². The molecule has 0 saturated heterocycles. The van der Waals surface area contributed by atoms with E-state index in [1.807, 2.05) is 0 Å². The summed E-state index contributed by atoms with van der Waals surface area (Å²) < 4.78 is 6.43. The number of esters is 1. The Labute approximate surface area is 97.2 Å². The van der Waals surface area contributed by atoms with E-state index in [1.165, 1.54) is 6.20 Å². The zero-order valence-corrected chi connectivity index (χ0v) is 9.34. The maximum atomic E-state index is 11.6. The fourth-order valence-electron chi connectivity index (χ4n) is 1.74. The quantitative estimate of drug-likeness (QED) is 0.604. The molecule has 0 aromatic carbocycles. The third kappa shape index (κ3) is 1.93. The molecule has 0 bridgehead atoms. The van der Waals surface area contributed by atoms with Gasteiger partial charge in [-0.15, -0.1) is 0 Å². The number of hydrogen-bond acceptors (Lipinski definition) is 5. The van der Waals surface area contributed by atoms with Crippen molar-refractivity contribution in [3.63, 3.8) is 0 Å². The molecule has 6 heteroatoms. The summed E-state index contributed by atoms with van der Waals surface area (Å²) in [6, 6.07) is 0. The van der Waals surface area contributed by atoms with Crippen molar-refractivity contribution in [2.24, 2.45) is 0 Å². The van der Waals surface area contributed by atoms with Gasteiger partial charge in [-0.2, -0.15) is 4.98 Å². The molecule has 1 aromatic heterocycles. The van der Waals surface area contributed by atoms with Crippen molar-refractivity contribution in [2.75, 3.05) is 6.61 Å².